The fraction of sp³-hybridized carbons (Fsp3) is 0.538. The smallest absolute Gasteiger partial charge is 0.0773 e. The van der Waals surface area contributed by atoms with E-state index < -0.39 is 0 Å². The van der Waals surface area contributed by atoms with Gasteiger partial charge in [-0.25, -0.2) is 0 Å². The van der Waals surface area contributed by atoms with Crippen LogP contribution in [-0.2, 0) is 17.6 Å². The summed E-state index contributed by atoms with van der Waals surface area (Å²) >= 11 is 2.58. The molecule has 1 atom stereocenters. The Hall–Kier alpha value is -0.0900. The van der Waals surface area contributed by atoms with Crippen LogP contribution in [0.25, 0.3) is 0 Å². The zero-order valence-corrected chi connectivity index (χ0v) is 10.9. The molecule has 1 aromatic rings. The van der Waals surface area contributed by atoms with Crippen LogP contribution in [0.15, 0.2) is 24.3 Å². The lowest BCUT2D eigenvalue weighted by molar-refractivity contribution is -0.0663. The van der Waals surface area contributed by atoms with Crippen LogP contribution in [0.3, 0.4) is 0 Å². The molecular formula is C13H15IO. The first-order valence-electron chi connectivity index (χ1n) is 5.62. The average molecular weight is 314 g/mol. The third-order valence-electron chi connectivity index (χ3n) is 3.58. The molecule has 1 aliphatic carbocycles. The zero-order valence-electron chi connectivity index (χ0n) is 8.71. The number of rotatable bonds is 0. The summed E-state index contributed by atoms with van der Waals surface area (Å²) in [6.45, 7) is 0.946. The van der Waals surface area contributed by atoms with Gasteiger partial charge < -0.3 is 4.74 Å². The van der Waals surface area contributed by atoms with E-state index in [-0.39, 0.29) is 5.60 Å². The first-order valence-corrected chi connectivity index (χ1v) is 6.87. The number of fused-ring (bicyclic) bond motifs is 1. The van der Waals surface area contributed by atoms with Crippen LogP contribution >= 0.6 is 22.6 Å². The first kappa shape index (κ1) is 10.1. The van der Waals surface area contributed by atoms with Crippen LogP contribution < -0.4 is 0 Å². The quantitative estimate of drug-likeness (QED) is 0.528. The zero-order chi connectivity index (χ0) is 10.3. The van der Waals surface area contributed by atoms with E-state index >= 15 is 0 Å². The summed E-state index contributed by atoms with van der Waals surface area (Å²) in [6.07, 6.45) is 4.70. The molecule has 0 bridgehead atoms. The second kappa shape index (κ2) is 3.74. The van der Waals surface area contributed by atoms with Crippen molar-refractivity contribution in [3.8, 4) is 0 Å². The summed E-state index contributed by atoms with van der Waals surface area (Å²) in [5.41, 5.74) is 3.15. The molecular weight excluding hydrogens is 299 g/mol. The molecule has 0 saturated carbocycles. The van der Waals surface area contributed by atoms with Crippen molar-refractivity contribution in [2.75, 3.05) is 6.61 Å². The van der Waals surface area contributed by atoms with Gasteiger partial charge >= 0.3 is 0 Å². The maximum absolute atomic E-state index is 6.07. The van der Waals surface area contributed by atoms with Gasteiger partial charge in [-0.3, -0.25) is 0 Å². The van der Waals surface area contributed by atoms with E-state index in [0.29, 0.717) is 0 Å². The summed E-state index contributed by atoms with van der Waals surface area (Å²) in [6, 6.07) is 8.79. The van der Waals surface area contributed by atoms with Crippen molar-refractivity contribution >= 4 is 22.6 Å². The minimum atomic E-state index is 0.147. The Balaban J connectivity index is 1.87. The predicted molar refractivity (Wildman–Crippen MR) is 69.6 cm³/mol. The van der Waals surface area contributed by atoms with Crippen LogP contribution in [0, 0.1) is 0 Å². The molecule has 1 spiro atoms. The SMILES string of the molecule is I[C@@H]1CCOC2(Cc3ccccc3C2)C1. The van der Waals surface area contributed by atoms with Crippen molar-refractivity contribution < 1.29 is 4.74 Å². The fourth-order valence-electron chi connectivity index (χ4n) is 2.87. The molecule has 0 amide bonds. The molecule has 1 saturated heterocycles. The number of hydrogen-bond donors (Lipinski definition) is 0. The van der Waals surface area contributed by atoms with Crippen molar-refractivity contribution in [3.05, 3.63) is 35.4 Å². The topological polar surface area (TPSA) is 9.23 Å². The lowest BCUT2D eigenvalue weighted by atomic mass is 9.91. The van der Waals surface area contributed by atoms with Gasteiger partial charge in [0.25, 0.3) is 0 Å². The lowest BCUT2D eigenvalue weighted by Gasteiger charge is -2.36. The van der Waals surface area contributed by atoms with Gasteiger partial charge in [0.1, 0.15) is 0 Å². The molecule has 80 valence electrons. The van der Waals surface area contributed by atoms with Gasteiger partial charge in [-0.15, -0.1) is 0 Å². The third kappa shape index (κ3) is 1.82. The van der Waals surface area contributed by atoms with Crippen molar-refractivity contribution in [1.29, 1.82) is 0 Å². The first-order chi connectivity index (χ1) is 7.27. The maximum atomic E-state index is 6.07. The summed E-state index contributed by atoms with van der Waals surface area (Å²) < 4.78 is 6.87. The standard InChI is InChI=1S/C13H15IO/c14-12-5-6-15-13(9-12)7-10-3-1-2-4-11(10)8-13/h1-4,12H,5-9H2/t12-/m1/s1. The van der Waals surface area contributed by atoms with Gasteiger partial charge in [0.15, 0.2) is 0 Å². The fourth-order valence-corrected chi connectivity index (χ4v) is 3.93. The van der Waals surface area contributed by atoms with Gasteiger partial charge in [-0.2, -0.15) is 0 Å². The molecule has 0 radical (unpaired) electrons. The lowest BCUT2D eigenvalue weighted by Crippen LogP contribution is -2.40. The highest BCUT2D eigenvalue weighted by atomic mass is 127. The van der Waals surface area contributed by atoms with E-state index in [1.807, 2.05) is 0 Å². The van der Waals surface area contributed by atoms with Crippen LogP contribution in [0.4, 0.5) is 0 Å². The molecule has 0 aromatic heterocycles. The molecule has 0 unspecified atom stereocenters. The van der Waals surface area contributed by atoms with E-state index in [1.54, 1.807) is 0 Å². The highest BCUT2D eigenvalue weighted by Crippen LogP contribution is 2.40. The Morgan fingerprint density at radius 2 is 1.87 bits per heavy atom. The van der Waals surface area contributed by atoms with Gasteiger partial charge in [0.2, 0.25) is 0 Å². The van der Waals surface area contributed by atoms with Crippen molar-refractivity contribution in [3.63, 3.8) is 0 Å². The van der Waals surface area contributed by atoms with Crippen LogP contribution in [-0.4, -0.2) is 16.1 Å². The number of benzene rings is 1. The van der Waals surface area contributed by atoms with Gasteiger partial charge in [-0.1, -0.05) is 46.9 Å². The van der Waals surface area contributed by atoms with E-state index in [4.69, 9.17) is 4.74 Å². The van der Waals surface area contributed by atoms with Crippen molar-refractivity contribution in [1.82, 2.24) is 0 Å². The average Bonchev–Trinajstić information content (AvgIpc) is 2.54. The van der Waals surface area contributed by atoms with E-state index in [0.717, 1.165) is 23.4 Å². The number of alkyl halides is 1. The Morgan fingerprint density at radius 1 is 1.20 bits per heavy atom. The molecule has 1 heterocycles. The Morgan fingerprint density at radius 3 is 2.47 bits per heavy atom. The van der Waals surface area contributed by atoms with E-state index in [9.17, 15) is 0 Å². The third-order valence-corrected chi connectivity index (χ3v) is 4.64. The number of hydrogen-bond acceptors (Lipinski definition) is 1. The second-order valence-electron chi connectivity index (χ2n) is 4.74. The van der Waals surface area contributed by atoms with E-state index in [1.165, 1.54) is 24.0 Å². The Bertz CT molecular complexity index is 350. The molecule has 3 rings (SSSR count). The van der Waals surface area contributed by atoms with Crippen LogP contribution in [0.5, 0.6) is 0 Å². The second-order valence-corrected chi connectivity index (χ2v) is 6.51. The summed E-state index contributed by atoms with van der Waals surface area (Å²) in [7, 11) is 0. The molecule has 1 fully saturated rings. The van der Waals surface area contributed by atoms with Crippen molar-refractivity contribution in [2.45, 2.75) is 35.2 Å². The normalized spacial score (nSPS) is 27.9. The van der Waals surface area contributed by atoms with Crippen LogP contribution in [0.1, 0.15) is 24.0 Å². The summed E-state index contributed by atoms with van der Waals surface area (Å²) in [4.78, 5) is 0. The highest BCUT2D eigenvalue weighted by molar-refractivity contribution is 14.1. The van der Waals surface area contributed by atoms with E-state index in [2.05, 4.69) is 46.9 Å². The molecule has 2 aliphatic rings. The highest BCUT2D eigenvalue weighted by Gasteiger charge is 2.41. The van der Waals surface area contributed by atoms with Gasteiger partial charge in [0, 0.05) is 23.4 Å². The van der Waals surface area contributed by atoms with Crippen LogP contribution in [0.2, 0.25) is 0 Å². The summed E-state index contributed by atoms with van der Waals surface area (Å²) in [5.74, 6) is 0. The van der Waals surface area contributed by atoms with Gasteiger partial charge in [0.05, 0.1) is 5.60 Å². The summed E-state index contributed by atoms with van der Waals surface area (Å²) in [5, 5.41) is 0. The number of halogens is 1. The Kier molecular flexibility index (Phi) is 2.51. The maximum Gasteiger partial charge on any atom is 0.0773 e. The van der Waals surface area contributed by atoms with Crippen molar-refractivity contribution in [2.24, 2.45) is 0 Å². The Labute approximate surface area is 104 Å². The predicted octanol–water partition coefficient (Wildman–Crippen LogP) is 3.14. The molecule has 0 N–H and O–H groups in total. The molecule has 2 heteroatoms. The number of ether oxygens (including phenoxy) is 1. The monoisotopic (exact) mass is 314 g/mol. The molecule has 15 heavy (non-hydrogen) atoms. The largest absolute Gasteiger partial charge is 0.374 e. The molecule has 1 aliphatic heterocycles. The van der Waals surface area contributed by atoms with Gasteiger partial charge in [-0.05, 0) is 24.0 Å². The minimum Gasteiger partial charge on any atom is -0.374 e. The minimum absolute atomic E-state index is 0.147. The molecule has 1 aromatic carbocycles. The molecule has 1 nitrogen and oxygen atoms in total.